The highest BCUT2D eigenvalue weighted by Crippen LogP contribution is 2.23. The molecule has 1 unspecified atom stereocenters. The van der Waals surface area contributed by atoms with Gasteiger partial charge in [-0.25, -0.2) is 0 Å². The molecule has 0 N–H and O–H groups in total. The third-order valence-electron chi connectivity index (χ3n) is 3.29. The topological polar surface area (TPSA) is 45.5 Å². The van der Waals surface area contributed by atoms with Crippen molar-refractivity contribution in [2.75, 3.05) is 40.5 Å². The molecule has 0 aliphatic carbocycles. The predicted molar refractivity (Wildman–Crippen MR) is 79.4 cm³/mol. The van der Waals surface area contributed by atoms with Crippen LogP contribution in [0.2, 0.25) is 0 Å². The van der Waals surface area contributed by atoms with Gasteiger partial charge in [-0.1, -0.05) is 30.3 Å². The van der Waals surface area contributed by atoms with E-state index in [1.165, 1.54) is 5.56 Å². The van der Waals surface area contributed by atoms with E-state index in [4.69, 9.17) is 14.7 Å². The molecule has 4 nitrogen and oxygen atoms in total. The largest absolute Gasteiger partial charge is 0.385 e. The monoisotopic (exact) mass is 276 g/mol. The summed E-state index contributed by atoms with van der Waals surface area (Å²) in [5.41, 5.74) is 1.18. The number of benzene rings is 1. The lowest BCUT2D eigenvalue weighted by molar-refractivity contribution is 0.107. The van der Waals surface area contributed by atoms with Crippen molar-refractivity contribution in [1.29, 1.82) is 5.26 Å². The fourth-order valence-electron chi connectivity index (χ4n) is 2.26. The van der Waals surface area contributed by atoms with Gasteiger partial charge in [0.2, 0.25) is 0 Å². The Hall–Kier alpha value is -1.41. The maximum atomic E-state index is 9.11. The molecule has 0 aromatic heterocycles. The molecule has 0 amide bonds. The van der Waals surface area contributed by atoms with Crippen molar-refractivity contribution >= 4 is 0 Å². The molecular formula is C16H24N2O2. The molecule has 1 rings (SSSR count). The molecule has 0 radical (unpaired) electrons. The SMILES string of the molecule is COCCCN(CCOC)C(CC#N)c1ccccc1. The quantitative estimate of drug-likeness (QED) is 0.616. The zero-order valence-electron chi connectivity index (χ0n) is 12.4. The summed E-state index contributed by atoms with van der Waals surface area (Å²) >= 11 is 0. The van der Waals surface area contributed by atoms with Crippen LogP contribution < -0.4 is 0 Å². The fourth-order valence-corrected chi connectivity index (χ4v) is 2.26. The molecule has 0 saturated heterocycles. The maximum absolute atomic E-state index is 9.11. The molecule has 20 heavy (non-hydrogen) atoms. The fraction of sp³-hybridized carbons (Fsp3) is 0.562. The molecule has 110 valence electrons. The lowest BCUT2D eigenvalue weighted by Crippen LogP contribution is -2.33. The van der Waals surface area contributed by atoms with E-state index in [2.05, 4.69) is 23.1 Å². The van der Waals surface area contributed by atoms with Crippen molar-refractivity contribution in [2.45, 2.75) is 18.9 Å². The van der Waals surface area contributed by atoms with E-state index in [9.17, 15) is 0 Å². The predicted octanol–water partition coefficient (Wildman–Crippen LogP) is 2.63. The first-order valence-corrected chi connectivity index (χ1v) is 6.97. The lowest BCUT2D eigenvalue weighted by atomic mass is 10.0. The van der Waals surface area contributed by atoms with Gasteiger partial charge in [0.1, 0.15) is 0 Å². The molecule has 1 atom stereocenters. The number of hydrogen-bond acceptors (Lipinski definition) is 4. The van der Waals surface area contributed by atoms with Gasteiger partial charge in [-0.05, 0) is 12.0 Å². The zero-order valence-corrected chi connectivity index (χ0v) is 12.4. The van der Waals surface area contributed by atoms with Crippen LogP contribution in [-0.4, -0.2) is 45.4 Å². The third kappa shape index (κ3) is 5.70. The highest BCUT2D eigenvalue weighted by Gasteiger charge is 2.19. The molecule has 0 heterocycles. The van der Waals surface area contributed by atoms with Gasteiger partial charge < -0.3 is 9.47 Å². The van der Waals surface area contributed by atoms with Crippen molar-refractivity contribution in [3.05, 3.63) is 35.9 Å². The highest BCUT2D eigenvalue weighted by atomic mass is 16.5. The summed E-state index contributed by atoms with van der Waals surface area (Å²) in [6.45, 7) is 3.12. The van der Waals surface area contributed by atoms with Crippen LogP contribution >= 0.6 is 0 Å². The van der Waals surface area contributed by atoms with Crippen LogP contribution in [0, 0.1) is 11.3 Å². The van der Waals surface area contributed by atoms with Crippen LogP contribution in [-0.2, 0) is 9.47 Å². The number of ether oxygens (including phenoxy) is 2. The van der Waals surface area contributed by atoms with E-state index in [-0.39, 0.29) is 6.04 Å². The Morgan fingerprint density at radius 1 is 1.10 bits per heavy atom. The van der Waals surface area contributed by atoms with E-state index >= 15 is 0 Å². The number of nitriles is 1. The first kappa shape index (κ1) is 16.6. The third-order valence-corrected chi connectivity index (χ3v) is 3.29. The molecule has 1 aromatic carbocycles. The number of methoxy groups -OCH3 is 2. The average Bonchev–Trinajstić information content (AvgIpc) is 2.50. The number of nitrogens with zero attached hydrogens (tertiary/aromatic N) is 2. The number of rotatable bonds is 10. The van der Waals surface area contributed by atoms with E-state index in [1.807, 2.05) is 18.2 Å². The minimum atomic E-state index is 0.119. The summed E-state index contributed by atoms with van der Waals surface area (Å²) < 4.78 is 10.3. The molecule has 0 fully saturated rings. The normalized spacial score (nSPS) is 12.3. The number of hydrogen-bond donors (Lipinski definition) is 0. The van der Waals surface area contributed by atoms with Crippen LogP contribution in [0.3, 0.4) is 0 Å². The van der Waals surface area contributed by atoms with Crippen molar-refractivity contribution in [2.24, 2.45) is 0 Å². The average molecular weight is 276 g/mol. The first-order valence-electron chi connectivity index (χ1n) is 6.97. The van der Waals surface area contributed by atoms with Crippen LogP contribution in [0.4, 0.5) is 0 Å². The van der Waals surface area contributed by atoms with Gasteiger partial charge in [0.05, 0.1) is 19.1 Å². The van der Waals surface area contributed by atoms with E-state index in [1.54, 1.807) is 14.2 Å². The van der Waals surface area contributed by atoms with Crippen molar-refractivity contribution < 1.29 is 9.47 Å². The molecule has 0 aliphatic rings. The van der Waals surface area contributed by atoms with Gasteiger partial charge in [-0.2, -0.15) is 5.26 Å². The van der Waals surface area contributed by atoms with Gasteiger partial charge in [0.25, 0.3) is 0 Å². The van der Waals surface area contributed by atoms with E-state index in [0.717, 1.165) is 26.1 Å². The standard InChI is InChI=1S/C16H24N2O2/c1-19-13-6-11-18(12-14-20-2)16(9-10-17)15-7-4-3-5-8-15/h3-5,7-8,16H,6,9,11-14H2,1-2H3. The van der Waals surface area contributed by atoms with Crippen LogP contribution in [0.5, 0.6) is 0 Å². The smallest absolute Gasteiger partial charge is 0.0641 e. The van der Waals surface area contributed by atoms with Gasteiger partial charge in [-0.15, -0.1) is 0 Å². The first-order chi connectivity index (χ1) is 9.83. The summed E-state index contributed by atoms with van der Waals surface area (Å²) in [4.78, 5) is 2.31. The van der Waals surface area contributed by atoms with Gasteiger partial charge >= 0.3 is 0 Å². The van der Waals surface area contributed by atoms with Gasteiger partial charge in [0, 0.05) is 40.0 Å². The lowest BCUT2D eigenvalue weighted by Gasteiger charge is -2.30. The summed E-state index contributed by atoms with van der Waals surface area (Å²) in [6.07, 6.45) is 1.44. The molecule has 0 spiro atoms. The Morgan fingerprint density at radius 3 is 2.40 bits per heavy atom. The minimum absolute atomic E-state index is 0.119. The highest BCUT2D eigenvalue weighted by molar-refractivity contribution is 5.20. The summed E-state index contributed by atoms with van der Waals surface area (Å²) in [7, 11) is 3.42. The Morgan fingerprint density at radius 2 is 1.80 bits per heavy atom. The second-order valence-electron chi connectivity index (χ2n) is 4.66. The van der Waals surface area contributed by atoms with Gasteiger partial charge in [-0.3, -0.25) is 4.90 Å². The summed E-state index contributed by atoms with van der Waals surface area (Å²) in [5, 5.41) is 9.11. The molecule has 4 heteroatoms. The summed E-state index contributed by atoms with van der Waals surface area (Å²) in [6, 6.07) is 12.6. The van der Waals surface area contributed by atoms with E-state index in [0.29, 0.717) is 13.0 Å². The molecule has 1 aromatic rings. The second kappa shape index (κ2) is 10.4. The molecular weight excluding hydrogens is 252 g/mol. The van der Waals surface area contributed by atoms with Crippen LogP contribution in [0.25, 0.3) is 0 Å². The molecule has 0 aliphatic heterocycles. The Labute approximate surface area is 121 Å². The Bertz CT molecular complexity index is 389. The maximum Gasteiger partial charge on any atom is 0.0641 e. The zero-order chi connectivity index (χ0) is 14.6. The van der Waals surface area contributed by atoms with Gasteiger partial charge in [0.15, 0.2) is 0 Å². The van der Waals surface area contributed by atoms with Crippen LogP contribution in [0.1, 0.15) is 24.4 Å². The molecule has 0 saturated carbocycles. The van der Waals surface area contributed by atoms with Crippen molar-refractivity contribution in [3.8, 4) is 6.07 Å². The van der Waals surface area contributed by atoms with Crippen molar-refractivity contribution in [3.63, 3.8) is 0 Å². The Kier molecular flexibility index (Phi) is 8.64. The Balaban J connectivity index is 2.77. The molecule has 0 bridgehead atoms. The van der Waals surface area contributed by atoms with E-state index < -0.39 is 0 Å². The minimum Gasteiger partial charge on any atom is -0.385 e. The second-order valence-corrected chi connectivity index (χ2v) is 4.66. The van der Waals surface area contributed by atoms with Crippen LogP contribution in [0.15, 0.2) is 30.3 Å². The summed E-state index contributed by atoms with van der Waals surface area (Å²) in [5.74, 6) is 0. The van der Waals surface area contributed by atoms with Crippen molar-refractivity contribution in [1.82, 2.24) is 4.90 Å².